The zero-order valence-corrected chi connectivity index (χ0v) is 21.6. The predicted octanol–water partition coefficient (Wildman–Crippen LogP) is 2.06. The normalized spacial score (nSPS) is 18.0. The number of hydrogen-bond donors (Lipinski definition) is 1. The number of likely N-dealkylation sites (tertiary alicyclic amines) is 1. The fourth-order valence-electron chi connectivity index (χ4n) is 4.21. The first-order chi connectivity index (χ1) is 15.1. The summed E-state index contributed by atoms with van der Waals surface area (Å²) in [6, 6.07) is 7.99. The monoisotopic (exact) mass is 553 g/mol. The number of aliphatic imine (C=N–C) groups is 1. The lowest BCUT2D eigenvalue weighted by molar-refractivity contribution is -0.135. The van der Waals surface area contributed by atoms with Crippen LogP contribution in [0.3, 0.4) is 0 Å². The van der Waals surface area contributed by atoms with E-state index in [4.69, 9.17) is 11.2 Å². The maximum absolute atomic E-state index is 12.7. The van der Waals surface area contributed by atoms with Gasteiger partial charge in [-0.25, -0.2) is 0 Å². The number of halogens is 1. The SMILES string of the molecule is C#CCOc1ccc(CCNC(=NC)N2CCN(C(C)C(=O)N3CCCC3)CC2)cc1.I. The summed E-state index contributed by atoms with van der Waals surface area (Å²) in [5, 5.41) is 3.47. The molecule has 32 heavy (non-hydrogen) atoms. The molecular weight excluding hydrogens is 517 g/mol. The average Bonchev–Trinajstić information content (AvgIpc) is 3.35. The van der Waals surface area contributed by atoms with E-state index in [1.165, 1.54) is 5.56 Å². The number of amides is 1. The number of hydrogen-bond acceptors (Lipinski definition) is 4. The van der Waals surface area contributed by atoms with Crippen LogP contribution in [0.25, 0.3) is 0 Å². The van der Waals surface area contributed by atoms with Crippen LogP contribution in [0.15, 0.2) is 29.3 Å². The van der Waals surface area contributed by atoms with Crippen LogP contribution >= 0.6 is 24.0 Å². The summed E-state index contributed by atoms with van der Waals surface area (Å²) in [7, 11) is 1.83. The Labute approximate surface area is 209 Å². The second kappa shape index (κ2) is 13.5. The summed E-state index contributed by atoms with van der Waals surface area (Å²) in [5.41, 5.74) is 1.23. The summed E-state index contributed by atoms with van der Waals surface area (Å²) < 4.78 is 5.41. The van der Waals surface area contributed by atoms with Crippen LogP contribution in [0.1, 0.15) is 25.3 Å². The van der Waals surface area contributed by atoms with Crippen LogP contribution in [-0.2, 0) is 11.2 Å². The average molecular weight is 553 g/mol. The highest BCUT2D eigenvalue weighted by atomic mass is 127. The Kier molecular flexibility index (Phi) is 11.1. The maximum Gasteiger partial charge on any atom is 0.239 e. The second-order valence-electron chi connectivity index (χ2n) is 8.09. The second-order valence-corrected chi connectivity index (χ2v) is 8.09. The molecule has 0 aromatic heterocycles. The fraction of sp³-hybridized carbons (Fsp3) is 0.583. The predicted molar refractivity (Wildman–Crippen MR) is 140 cm³/mol. The number of terminal acetylenes is 1. The third kappa shape index (κ3) is 7.27. The molecule has 1 aromatic rings. The Morgan fingerprint density at radius 2 is 1.78 bits per heavy atom. The van der Waals surface area contributed by atoms with Crippen molar-refractivity contribution in [3.8, 4) is 18.1 Å². The van der Waals surface area contributed by atoms with Crippen molar-refractivity contribution < 1.29 is 9.53 Å². The van der Waals surface area contributed by atoms with E-state index in [9.17, 15) is 4.79 Å². The standard InChI is InChI=1S/C24H35N5O2.HI/c1-4-19-31-22-9-7-21(8-10-22)11-12-26-24(25-3)29-17-15-27(16-18-29)20(2)23(30)28-13-5-6-14-28;/h1,7-10,20H,5-6,11-19H2,2-3H3,(H,25,26);1H. The van der Waals surface area contributed by atoms with Gasteiger partial charge in [0.2, 0.25) is 5.91 Å². The van der Waals surface area contributed by atoms with Gasteiger partial charge in [0.05, 0.1) is 6.04 Å². The Morgan fingerprint density at radius 3 is 2.38 bits per heavy atom. The minimum atomic E-state index is -0.0391. The van der Waals surface area contributed by atoms with Crippen molar-refractivity contribution >= 4 is 35.8 Å². The van der Waals surface area contributed by atoms with Crippen molar-refractivity contribution in [3.63, 3.8) is 0 Å². The van der Waals surface area contributed by atoms with E-state index in [0.717, 1.165) is 76.8 Å². The summed E-state index contributed by atoms with van der Waals surface area (Å²) in [4.78, 5) is 23.7. The van der Waals surface area contributed by atoms with Gasteiger partial charge in [-0.2, -0.15) is 0 Å². The molecule has 1 amide bonds. The lowest BCUT2D eigenvalue weighted by Crippen LogP contribution is -2.57. The Hall–Kier alpha value is -1.99. The van der Waals surface area contributed by atoms with Gasteiger partial charge in [0.25, 0.3) is 0 Å². The van der Waals surface area contributed by atoms with Gasteiger partial charge in [-0.15, -0.1) is 30.4 Å². The van der Waals surface area contributed by atoms with Crippen molar-refractivity contribution in [1.29, 1.82) is 0 Å². The van der Waals surface area contributed by atoms with Crippen LogP contribution in [0.5, 0.6) is 5.75 Å². The van der Waals surface area contributed by atoms with Gasteiger partial charge in [-0.05, 0) is 43.9 Å². The zero-order valence-electron chi connectivity index (χ0n) is 19.3. The van der Waals surface area contributed by atoms with Gasteiger partial charge in [-0.3, -0.25) is 14.7 Å². The van der Waals surface area contributed by atoms with Crippen LogP contribution in [0, 0.1) is 12.3 Å². The molecule has 176 valence electrons. The van der Waals surface area contributed by atoms with Crippen LogP contribution in [0.4, 0.5) is 0 Å². The highest BCUT2D eigenvalue weighted by Crippen LogP contribution is 2.14. The lowest BCUT2D eigenvalue weighted by atomic mass is 10.1. The van der Waals surface area contributed by atoms with Gasteiger partial charge < -0.3 is 19.9 Å². The van der Waals surface area contributed by atoms with Crippen molar-refractivity contribution in [2.24, 2.45) is 4.99 Å². The van der Waals surface area contributed by atoms with E-state index in [2.05, 4.69) is 38.2 Å². The fourth-order valence-corrected chi connectivity index (χ4v) is 4.21. The van der Waals surface area contributed by atoms with Crippen LogP contribution in [0.2, 0.25) is 0 Å². The third-order valence-corrected chi connectivity index (χ3v) is 6.09. The number of piperazine rings is 1. The number of rotatable bonds is 7. The van der Waals surface area contributed by atoms with E-state index < -0.39 is 0 Å². The number of carbonyl (C=O) groups excluding carboxylic acids is 1. The zero-order chi connectivity index (χ0) is 22.1. The van der Waals surface area contributed by atoms with Crippen molar-refractivity contribution in [2.45, 2.75) is 32.2 Å². The van der Waals surface area contributed by atoms with Gasteiger partial charge in [0.1, 0.15) is 12.4 Å². The highest BCUT2D eigenvalue weighted by molar-refractivity contribution is 14.0. The molecule has 0 bridgehead atoms. The van der Waals surface area contributed by atoms with E-state index in [1.54, 1.807) is 0 Å². The topological polar surface area (TPSA) is 60.4 Å². The number of guanidine groups is 1. The quantitative estimate of drug-likeness (QED) is 0.243. The molecule has 2 saturated heterocycles. The van der Waals surface area contributed by atoms with E-state index in [-0.39, 0.29) is 42.5 Å². The molecule has 8 heteroatoms. The number of nitrogens with one attached hydrogen (secondary N) is 1. The molecule has 1 N–H and O–H groups in total. The molecule has 1 aromatic carbocycles. The molecule has 2 fully saturated rings. The minimum absolute atomic E-state index is 0. The first kappa shape index (κ1) is 26.3. The van der Waals surface area contributed by atoms with Crippen LogP contribution < -0.4 is 10.1 Å². The Morgan fingerprint density at radius 1 is 1.12 bits per heavy atom. The largest absolute Gasteiger partial charge is 0.481 e. The molecule has 2 aliphatic heterocycles. The van der Waals surface area contributed by atoms with Crippen molar-refractivity contribution in [2.75, 3.05) is 59.5 Å². The molecule has 3 rings (SSSR count). The van der Waals surface area contributed by atoms with E-state index in [0.29, 0.717) is 0 Å². The maximum atomic E-state index is 12.7. The Bertz CT molecular complexity index is 779. The molecular formula is C24H36IN5O2. The number of ether oxygens (including phenoxy) is 1. The first-order valence-electron chi connectivity index (χ1n) is 11.3. The Balaban J connectivity index is 0.00000363. The molecule has 2 heterocycles. The number of nitrogens with zero attached hydrogens (tertiary/aromatic N) is 4. The minimum Gasteiger partial charge on any atom is -0.481 e. The first-order valence-corrected chi connectivity index (χ1v) is 11.3. The summed E-state index contributed by atoms with van der Waals surface area (Å²) in [5.74, 6) is 4.47. The summed E-state index contributed by atoms with van der Waals surface area (Å²) in [6.07, 6.45) is 8.39. The van der Waals surface area contributed by atoms with E-state index in [1.807, 2.05) is 31.0 Å². The highest BCUT2D eigenvalue weighted by Gasteiger charge is 2.30. The molecule has 0 saturated carbocycles. The lowest BCUT2D eigenvalue weighted by Gasteiger charge is -2.39. The number of carbonyl (C=O) groups is 1. The van der Waals surface area contributed by atoms with Gasteiger partial charge in [0, 0.05) is 52.9 Å². The van der Waals surface area contributed by atoms with Crippen LogP contribution in [-0.4, -0.2) is 92.1 Å². The molecule has 1 unspecified atom stereocenters. The molecule has 0 aliphatic carbocycles. The smallest absolute Gasteiger partial charge is 0.239 e. The van der Waals surface area contributed by atoms with Gasteiger partial charge in [0.15, 0.2) is 5.96 Å². The summed E-state index contributed by atoms with van der Waals surface area (Å²) in [6.45, 7) is 8.47. The van der Waals surface area contributed by atoms with Gasteiger partial charge in [-0.1, -0.05) is 18.1 Å². The van der Waals surface area contributed by atoms with Crippen molar-refractivity contribution in [1.82, 2.24) is 20.0 Å². The molecule has 7 nitrogen and oxygen atoms in total. The molecule has 0 spiro atoms. The molecule has 1 atom stereocenters. The van der Waals surface area contributed by atoms with Crippen molar-refractivity contribution in [3.05, 3.63) is 29.8 Å². The molecule has 2 aliphatic rings. The van der Waals surface area contributed by atoms with Gasteiger partial charge >= 0.3 is 0 Å². The molecule has 0 radical (unpaired) electrons. The summed E-state index contributed by atoms with van der Waals surface area (Å²) >= 11 is 0. The number of benzene rings is 1. The third-order valence-electron chi connectivity index (χ3n) is 6.09. The van der Waals surface area contributed by atoms with E-state index >= 15 is 0 Å².